The van der Waals surface area contributed by atoms with Crippen molar-refractivity contribution in [2.45, 2.75) is 19.8 Å². The summed E-state index contributed by atoms with van der Waals surface area (Å²) < 4.78 is 0. The molecule has 21 heavy (non-hydrogen) atoms. The van der Waals surface area contributed by atoms with Crippen molar-refractivity contribution in [3.63, 3.8) is 0 Å². The lowest BCUT2D eigenvalue weighted by atomic mass is 10.2. The molecule has 0 unspecified atom stereocenters. The third-order valence-corrected chi connectivity index (χ3v) is 2.83. The highest BCUT2D eigenvalue weighted by atomic mass is 35.5. The summed E-state index contributed by atoms with van der Waals surface area (Å²) in [6, 6.07) is 7.53. The Hall–Kier alpha value is -1.92. The normalized spacial score (nSPS) is 10.0. The molecule has 7 heteroatoms. The number of carbonyl (C=O) groups excluding carboxylic acids is 1. The Bertz CT molecular complexity index is 584. The minimum Gasteiger partial charge on any atom is -0.326 e. The van der Waals surface area contributed by atoms with Crippen LogP contribution < -0.4 is 10.6 Å². The third-order valence-electron chi connectivity index (χ3n) is 2.83. The second kappa shape index (κ2) is 8.39. The number of amides is 1. The van der Waals surface area contributed by atoms with E-state index in [0.717, 1.165) is 30.0 Å². The number of rotatable bonds is 6. The second-order valence-corrected chi connectivity index (χ2v) is 4.58. The van der Waals surface area contributed by atoms with Gasteiger partial charge < -0.3 is 10.6 Å². The highest BCUT2D eigenvalue weighted by molar-refractivity contribution is 5.91. The van der Waals surface area contributed by atoms with E-state index in [0.29, 0.717) is 12.2 Å². The van der Waals surface area contributed by atoms with Crippen LogP contribution in [0.25, 0.3) is 11.4 Å². The number of carbonyl (C=O) groups is 1. The van der Waals surface area contributed by atoms with Gasteiger partial charge in [-0.3, -0.25) is 9.89 Å². The number of aryl methyl sites for hydroxylation is 1. The maximum absolute atomic E-state index is 11.8. The van der Waals surface area contributed by atoms with Gasteiger partial charge in [0, 0.05) is 17.7 Å². The second-order valence-electron chi connectivity index (χ2n) is 4.58. The Morgan fingerprint density at radius 1 is 1.38 bits per heavy atom. The average Bonchev–Trinajstić information content (AvgIpc) is 2.86. The molecule has 0 aliphatic heterocycles. The van der Waals surface area contributed by atoms with E-state index in [-0.39, 0.29) is 18.3 Å². The summed E-state index contributed by atoms with van der Waals surface area (Å²) in [6.07, 6.45) is 1.33. The van der Waals surface area contributed by atoms with Gasteiger partial charge in [-0.15, -0.1) is 12.4 Å². The average molecular weight is 310 g/mol. The molecule has 1 aromatic heterocycles. The lowest BCUT2D eigenvalue weighted by Crippen LogP contribution is -2.15. The van der Waals surface area contributed by atoms with Gasteiger partial charge in [0.1, 0.15) is 5.82 Å². The summed E-state index contributed by atoms with van der Waals surface area (Å²) in [5.74, 6) is 1.42. The molecule has 0 saturated carbocycles. The monoisotopic (exact) mass is 309 g/mol. The van der Waals surface area contributed by atoms with Crippen LogP contribution >= 0.6 is 12.4 Å². The van der Waals surface area contributed by atoms with E-state index in [1.54, 1.807) is 0 Å². The number of nitrogens with zero attached hydrogens (tertiary/aromatic N) is 2. The van der Waals surface area contributed by atoms with Crippen LogP contribution in [-0.4, -0.2) is 34.7 Å². The standard InChI is InChI=1S/C14H19N5O.ClH/c1-10-16-14(19-18-10)11-5-3-6-12(9-11)17-13(20)7-4-8-15-2;/h3,5-6,9,15H,4,7-8H2,1-2H3,(H,17,20)(H,16,18,19);1H. The number of aromatic amines is 1. The molecule has 0 atom stereocenters. The molecule has 1 heterocycles. The van der Waals surface area contributed by atoms with Gasteiger partial charge in [-0.05, 0) is 39.1 Å². The predicted octanol–water partition coefficient (Wildman–Crippen LogP) is 2.14. The molecule has 114 valence electrons. The van der Waals surface area contributed by atoms with Crippen LogP contribution in [0.2, 0.25) is 0 Å². The Morgan fingerprint density at radius 2 is 2.19 bits per heavy atom. The zero-order valence-electron chi connectivity index (χ0n) is 12.1. The third kappa shape index (κ3) is 5.17. The fraction of sp³-hybridized carbons (Fsp3) is 0.357. The van der Waals surface area contributed by atoms with E-state index in [4.69, 9.17) is 0 Å². The zero-order valence-corrected chi connectivity index (χ0v) is 13.0. The lowest BCUT2D eigenvalue weighted by Gasteiger charge is -2.06. The Labute approximate surface area is 130 Å². The summed E-state index contributed by atoms with van der Waals surface area (Å²) in [5, 5.41) is 12.8. The summed E-state index contributed by atoms with van der Waals surface area (Å²) in [4.78, 5) is 16.0. The Balaban J connectivity index is 0.00000220. The van der Waals surface area contributed by atoms with Crippen molar-refractivity contribution in [3.8, 4) is 11.4 Å². The first-order valence-electron chi connectivity index (χ1n) is 6.63. The van der Waals surface area contributed by atoms with Gasteiger partial charge in [0.25, 0.3) is 0 Å². The van der Waals surface area contributed by atoms with E-state index in [1.165, 1.54) is 0 Å². The SMILES string of the molecule is CNCCCC(=O)Nc1cccc(-c2n[nH]c(C)n2)c1.Cl. The number of aromatic nitrogens is 3. The highest BCUT2D eigenvalue weighted by Crippen LogP contribution is 2.19. The van der Waals surface area contributed by atoms with Gasteiger partial charge in [0.05, 0.1) is 0 Å². The number of halogens is 1. The molecule has 2 rings (SSSR count). The van der Waals surface area contributed by atoms with Crippen molar-refractivity contribution < 1.29 is 4.79 Å². The van der Waals surface area contributed by atoms with Crippen LogP contribution in [0.4, 0.5) is 5.69 Å². The van der Waals surface area contributed by atoms with Gasteiger partial charge in [-0.2, -0.15) is 5.10 Å². The van der Waals surface area contributed by atoms with Crippen molar-refractivity contribution >= 4 is 24.0 Å². The molecule has 0 spiro atoms. The topological polar surface area (TPSA) is 82.7 Å². The smallest absolute Gasteiger partial charge is 0.224 e. The number of hydrogen-bond donors (Lipinski definition) is 3. The van der Waals surface area contributed by atoms with Crippen LogP contribution in [0, 0.1) is 6.92 Å². The summed E-state index contributed by atoms with van der Waals surface area (Å²) in [5.41, 5.74) is 1.64. The predicted molar refractivity (Wildman–Crippen MR) is 85.6 cm³/mol. The maximum Gasteiger partial charge on any atom is 0.224 e. The van der Waals surface area contributed by atoms with Gasteiger partial charge >= 0.3 is 0 Å². The van der Waals surface area contributed by atoms with Crippen LogP contribution in [0.3, 0.4) is 0 Å². The van der Waals surface area contributed by atoms with E-state index < -0.39 is 0 Å². The first kappa shape index (κ1) is 17.1. The summed E-state index contributed by atoms with van der Waals surface area (Å²) in [7, 11) is 1.88. The molecule has 0 aliphatic rings. The first-order chi connectivity index (χ1) is 9.69. The van der Waals surface area contributed by atoms with Crippen molar-refractivity contribution in [1.82, 2.24) is 20.5 Å². The molecule has 0 aliphatic carbocycles. The number of H-pyrrole nitrogens is 1. The largest absolute Gasteiger partial charge is 0.326 e. The van der Waals surface area contributed by atoms with Gasteiger partial charge in [-0.25, -0.2) is 4.98 Å². The molecule has 0 radical (unpaired) electrons. The molecule has 0 bridgehead atoms. The number of nitrogens with one attached hydrogen (secondary N) is 3. The van der Waals surface area contributed by atoms with Crippen molar-refractivity contribution in [1.29, 1.82) is 0 Å². The summed E-state index contributed by atoms with van der Waals surface area (Å²) in [6.45, 7) is 2.69. The molecule has 6 nitrogen and oxygen atoms in total. The Kier molecular flexibility index (Phi) is 6.84. The number of hydrogen-bond acceptors (Lipinski definition) is 4. The summed E-state index contributed by atoms with van der Waals surface area (Å²) >= 11 is 0. The van der Waals surface area contributed by atoms with Crippen LogP contribution in [-0.2, 0) is 4.79 Å². The molecule has 1 aromatic carbocycles. The van der Waals surface area contributed by atoms with E-state index in [2.05, 4.69) is 25.8 Å². The van der Waals surface area contributed by atoms with Crippen molar-refractivity contribution in [2.75, 3.05) is 18.9 Å². The molecule has 2 aromatic rings. The molecule has 3 N–H and O–H groups in total. The minimum atomic E-state index is 0. The van der Waals surface area contributed by atoms with Crippen LogP contribution in [0.15, 0.2) is 24.3 Å². The van der Waals surface area contributed by atoms with Crippen LogP contribution in [0.1, 0.15) is 18.7 Å². The number of benzene rings is 1. The Morgan fingerprint density at radius 3 is 2.86 bits per heavy atom. The molecule has 0 fully saturated rings. The van der Waals surface area contributed by atoms with Crippen LogP contribution in [0.5, 0.6) is 0 Å². The lowest BCUT2D eigenvalue weighted by molar-refractivity contribution is -0.116. The van der Waals surface area contributed by atoms with Gasteiger partial charge in [0.2, 0.25) is 5.91 Å². The molecular weight excluding hydrogens is 290 g/mol. The molecule has 1 amide bonds. The van der Waals surface area contributed by atoms with E-state index in [1.807, 2.05) is 38.2 Å². The number of anilines is 1. The first-order valence-corrected chi connectivity index (χ1v) is 6.63. The van der Waals surface area contributed by atoms with E-state index in [9.17, 15) is 4.79 Å². The zero-order chi connectivity index (χ0) is 14.4. The fourth-order valence-electron chi connectivity index (χ4n) is 1.86. The molecular formula is C14H20ClN5O. The quantitative estimate of drug-likeness (QED) is 0.714. The van der Waals surface area contributed by atoms with Crippen molar-refractivity contribution in [3.05, 3.63) is 30.1 Å². The van der Waals surface area contributed by atoms with Gasteiger partial charge in [-0.1, -0.05) is 12.1 Å². The van der Waals surface area contributed by atoms with Gasteiger partial charge in [0.15, 0.2) is 5.82 Å². The highest BCUT2D eigenvalue weighted by Gasteiger charge is 2.06. The minimum absolute atomic E-state index is 0. The maximum atomic E-state index is 11.8. The van der Waals surface area contributed by atoms with Crippen molar-refractivity contribution in [2.24, 2.45) is 0 Å². The molecule has 0 saturated heterocycles. The van der Waals surface area contributed by atoms with E-state index >= 15 is 0 Å². The fourth-order valence-corrected chi connectivity index (χ4v) is 1.86.